The van der Waals surface area contributed by atoms with Gasteiger partial charge in [0.05, 0.1) is 28.7 Å². The predicted octanol–water partition coefficient (Wildman–Crippen LogP) is 4.34. The van der Waals surface area contributed by atoms with Crippen LogP contribution in [0.4, 0.5) is 11.5 Å². The fourth-order valence-electron chi connectivity index (χ4n) is 3.70. The molecule has 8 nitrogen and oxygen atoms in total. The second kappa shape index (κ2) is 9.42. The van der Waals surface area contributed by atoms with E-state index in [1.54, 1.807) is 19.1 Å². The van der Waals surface area contributed by atoms with Gasteiger partial charge in [-0.05, 0) is 43.5 Å². The van der Waals surface area contributed by atoms with Gasteiger partial charge in [0.15, 0.2) is 15.7 Å². The summed E-state index contributed by atoms with van der Waals surface area (Å²) in [5.41, 5.74) is 0.932. The molecule has 1 heterocycles. The molecular weight excluding hydrogens is 404 g/mol. The molecule has 3 rings (SSSR count). The fraction of sp³-hybridized carbons (Fsp3) is 0.476. The molecule has 1 atom stereocenters. The van der Waals surface area contributed by atoms with Crippen LogP contribution in [0.2, 0.25) is 0 Å². The van der Waals surface area contributed by atoms with E-state index < -0.39 is 15.9 Å². The lowest BCUT2D eigenvalue weighted by atomic mass is 10.0. The molecule has 1 unspecified atom stereocenters. The topological polar surface area (TPSA) is 110 Å². The lowest BCUT2D eigenvalue weighted by Gasteiger charge is -2.23. The SMILES string of the molecule is CC(N=O)c1cnc(N(C(=O)CCC2CCCC2)c2ccc(S(C)(=O)=O)cc2)cn1. The van der Waals surface area contributed by atoms with Crippen molar-refractivity contribution in [1.29, 1.82) is 0 Å². The number of hydrogen-bond donors (Lipinski definition) is 0. The number of carbonyl (C=O) groups is 1. The number of benzene rings is 1. The Balaban J connectivity index is 1.89. The van der Waals surface area contributed by atoms with Crippen LogP contribution < -0.4 is 4.90 Å². The molecule has 9 heteroatoms. The lowest BCUT2D eigenvalue weighted by Crippen LogP contribution is -2.27. The predicted molar refractivity (Wildman–Crippen MR) is 114 cm³/mol. The number of aromatic nitrogens is 2. The molecule has 0 saturated heterocycles. The van der Waals surface area contributed by atoms with Crippen molar-refractivity contribution in [2.24, 2.45) is 11.1 Å². The molecule has 0 aliphatic heterocycles. The summed E-state index contributed by atoms with van der Waals surface area (Å²) in [6, 6.07) is 5.50. The van der Waals surface area contributed by atoms with E-state index in [0.29, 0.717) is 29.5 Å². The highest BCUT2D eigenvalue weighted by Crippen LogP contribution is 2.31. The summed E-state index contributed by atoms with van der Waals surface area (Å²) in [5.74, 6) is 0.759. The Labute approximate surface area is 176 Å². The summed E-state index contributed by atoms with van der Waals surface area (Å²) in [7, 11) is -3.34. The molecule has 1 aromatic heterocycles. The average molecular weight is 431 g/mol. The van der Waals surface area contributed by atoms with E-state index in [9.17, 15) is 18.1 Å². The van der Waals surface area contributed by atoms with Crippen molar-refractivity contribution >= 4 is 27.2 Å². The lowest BCUT2D eigenvalue weighted by molar-refractivity contribution is -0.118. The monoisotopic (exact) mass is 430 g/mol. The summed E-state index contributed by atoms with van der Waals surface area (Å²) < 4.78 is 23.5. The van der Waals surface area contributed by atoms with Crippen LogP contribution in [0.25, 0.3) is 0 Å². The maximum atomic E-state index is 13.1. The highest BCUT2D eigenvalue weighted by molar-refractivity contribution is 7.90. The number of sulfone groups is 1. The second-order valence-corrected chi connectivity index (χ2v) is 9.78. The molecule has 0 spiro atoms. The number of hydrogen-bond acceptors (Lipinski definition) is 7. The molecule has 1 saturated carbocycles. The van der Waals surface area contributed by atoms with E-state index in [-0.39, 0.29) is 10.8 Å². The van der Waals surface area contributed by atoms with Crippen LogP contribution in [0.15, 0.2) is 46.7 Å². The molecule has 0 radical (unpaired) electrons. The van der Waals surface area contributed by atoms with Gasteiger partial charge in [0, 0.05) is 12.7 Å². The van der Waals surface area contributed by atoms with Gasteiger partial charge in [0.1, 0.15) is 6.04 Å². The first kappa shape index (κ1) is 22.0. The quantitative estimate of drug-likeness (QED) is 0.576. The fourth-order valence-corrected chi connectivity index (χ4v) is 4.33. The van der Waals surface area contributed by atoms with Crippen LogP contribution in [-0.2, 0) is 14.6 Å². The molecular formula is C21H26N4O4S. The smallest absolute Gasteiger partial charge is 0.232 e. The Morgan fingerprint density at radius 1 is 1.17 bits per heavy atom. The third kappa shape index (κ3) is 5.27. The third-order valence-corrected chi connectivity index (χ3v) is 6.62. The number of amides is 1. The van der Waals surface area contributed by atoms with Crippen molar-refractivity contribution in [2.45, 2.75) is 56.4 Å². The van der Waals surface area contributed by atoms with Gasteiger partial charge in [-0.1, -0.05) is 30.9 Å². The Morgan fingerprint density at radius 2 is 1.83 bits per heavy atom. The standard InChI is InChI=1S/C21H26N4O4S/c1-15(24-27)19-13-23-20(14-22-19)25(21(26)12-7-16-5-3-4-6-16)17-8-10-18(11-9-17)30(2,28)29/h8-11,13-16H,3-7,12H2,1-2H3. The summed E-state index contributed by atoms with van der Waals surface area (Å²) in [6.45, 7) is 1.62. The van der Waals surface area contributed by atoms with Crippen molar-refractivity contribution in [3.63, 3.8) is 0 Å². The number of nitrogens with zero attached hydrogens (tertiary/aromatic N) is 4. The van der Waals surface area contributed by atoms with Crippen LogP contribution in [0.5, 0.6) is 0 Å². The number of rotatable bonds is 8. The first-order chi connectivity index (χ1) is 14.3. The highest BCUT2D eigenvalue weighted by Gasteiger charge is 2.23. The van der Waals surface area contributed by atoms with Crippen LogP contribution in [0, 0.1) is 10.8 Å². The number of nitroso groups, excluding NO2 is 1. The molecule has 2 aromatic rings. The van der Waals surface area contributed by atoms with Gasteiger partial charge >= 0.3 is 0 Å². The zero-order valence-electron chi connectivity index (χ0n) is 17.2. The number of carbonyl (C=O) groups excluding carboxylic acids is 1. The molecule has 1 aromatic carbocycles. The molecule has 30 heavy (non-hydrogen) atoms. The molecule has 1 aliphatic carbocycles. The van der Waals surface area contributed by atoms with Crippen molar-refractivity contribution in [3.8, 4) is 0 Å². The second-order valence-electron chi connectivity index (χ2n) is 7.77. The highest BCUT2D eigenvalue weighted by atomic mass is 32.2. The minimum Gasteiger partial charge on any atom is -0.274 e. The van der Waals surface area contributed by atoms with Gasteiger partial charge < -0.3 is 0 Å². The zero-order valence-corrected chi connectivity index (χ0v) is 18.0. The Hall–Kier alpha value is -2.68. The van der Waals surface area contributed by atoms with Gasteiger partial charge in [-0.15, -0.1) is 0 Å². The maximum Gasteiger partial charge on any atom is 0.232 e. The Kier molecular flexibility index (Phi) is 6.91. The van der Waals surface area contributed by atoms with E-state index in [4.69, 9.17) is 0 Å². The van der Waals surface area contributed by atoms with Crippen molar-refractivity contribution in [1.82, 2.24) is 9.97 Å². The Bertz CT molecular complexity index is 985. The minimum atomic E-state index is -3.34. The Morgan fingerprint density at radius 3 is 2.37 bits per heavy atom. The molecule has 1 amide bonds. The molecule has 0 N–H and O–H groups in total. The van der Waals surface area contributed by atoms with Crippen LogP contribution in [0.3, 0.4) is 0 Å². The average Bonchev–Trinajstić information content (AvgIpc) is 3.26. The summed E-state index contributed by atoms with van der Waals surface area (Å²) in [5, 5.41) is 2.94. The van der Waals surface area contributed by atoms with Crippen molar-refractivity contribution < 1.29 is 13.2 Å². The molecule has 0 bridgehead atoms. The minimum absolute atomic E-state index is 0.127. The largest absolute Gasteiger partial charge is 0.274 e. The van der Waals surface area contributed by atoms with Crippen LogP contribution in [0.1, 0.15) is 57.2 Å². The van der Waals surface area contributed by atoms with E-state index in [0.717, 1.165) is 25.5 Å². The van der Waals surface area contributed by atoms with E-state index in [1.807, 2.05) is 0 Å². The normalized spacial score (nSPS) is 15.7. The van der Waals surface area contributed by atoms with Gasteiger partial charge in [-0.2, -0.15) is 4.91 Å². The van der Waals surface area contributed by atoms with Gasteiger partial charge in [-0.25, -0.2) is 13.4 Å². The van der Waals surface area contributed by atoms with Crippen molar-refractivity contribution in [3.05, 3.63) is 47.3 Å². The summed E-state index contributed by atoms with van der Waals surface area (Å²) >= 11 is 0. The van der Waals surface area contributed by atoms with Gasteiger partial charge in [0.25, 0.3) is 0 Å². The van der Waals surface area contributed by atoms with E-state index in [1.165, 1.54) is 42.3 Å². The number of anilines is 2. The first-order valence-electron chi connectivity index (χ1n) is 10.1. The summed E-state index contributed by atoms with van der Waals surface area (Å²) in [4.78, 5) is 34.1. The van der Waals surface area contributed by atoms with E-state index >= 15 is 0 Å². The zero-order chi connectivity index (χ0) is 21.7. The maximum absolute atomic E-state index is 13.1. The van der Waals surface area contributed by atoms with Crippen LogP contribution >= 0.6 is 0 Å². The van der Waals surface area contributed by atoms with Crippen molar-refractivity contribution in [2.75, 3.05) is 11.2 Å². The van der Waals surface area contributed by atoms with E-state index in [2.05, 4.69) is 15.1 Å². The van der Waals surface area contributed by atoms with Crippen LogP contribution in [-0.4, -0.2) is 30.5 Å². The van der Waals surface area contributed by atoms with Gasteiger partial charge in [-0.3, -0.25) is 14.7 Å². The third-order valence-electron chi connectivity index (χ3n) is 5.49. The first-order valence-corrected chi connectivity index (χ1v) is 12.0. The summed E-state index contributed by atoms with van der Waals surface area (Å²) in [6.07, 6.45) is 9.93. The van der Waals surface area contributed by atoms with Gasteiger partial charge in [0.2, 0.25) is 5.91 Å². The molecule has 1 fully saturated rings. The molecule has 1 aliphatic rings. The molecule has 160 valence electrons.